The maximum atomic E-state index is 13.0. The van der Waals surface area contributed by atoms with Crippen LogP contribution in [0.2, 0.25) is 0 Å². The number of carbonyl (C=O) groups excluding carboxylic acids is 2. The van der Waals surface area contributed by atoms with Crippen LogP contribution in [0.25, 0.3) is 0 Å². The number of phosphoric acid groups is 2. The van der Waals surface area contributed by atoms with Gasteiger partial charge in [0, 0.05) is 12.8 Å². The first-order valence-electron chi connectivity index (χ1n) is 24.2. The molecule has 0 spiro atoms. The zero-order chi connectivity index (χ0) is 48.2. The van der Waals surface area contributed by atoms with E-state index in [1.54, 1.807) is 0 Å². The van der Waals surface area contributed by atoms with Crippen molar-refractivity contribution in [1.82, 2.24) is 0 Å². The summed E-state index contributed by atoms with van der Waals surface area (Å²) in [6, 6.07) is 0. The largest absolute Gasteiger partial charge is 0.472 e. The molecule has 18 heteroatoms. The SMILES string of the molecule is CCCCCC=CCC=CCC=CCC=CCCCCCC(=O)O[C@H](COC(=O)CCCCCCCCCCCCCCC)COP(=O)(O)O[C@H]1C(O)C(O)C(O)[C@@H](OP(=O)(O)O)C1O. The summed E-state index contributed by atoms with van der Waals surface area (Å²) in [6.07, 6.45) is 27.8. The highest BCUT2D eigenvalue weighted by Crippen LogP contribution is 2.49. The number of unbranched alkanes of at least 4 members (excludes halogenated alkanes) is 18. The maximum absolute atomic E-state index is 13.0. The van der Waals surface area contributed by atoms with Crippen LogP contribution >= 0.6 is 15.6 Å². The molecule has 5 unspecified atom stereocenters. The Kier molecular flexibility index (Phi) is 35.5. The fourth-order valence-electron chi connectivity index (χ4n) is 7.13. The molecule has 378 valence electrons. The van der Waals surface area contributed by atoms with Gasteiger partial charge in [-0.1, -0.05) is 159 Å². The zero-order valence-corrected chi connectivity index (χ0v) is 40.9. The number of hydrogen-bond donors (Lipinski definition) is 7. The lowest BCUT2D eigenvalue weighted by Crippen LogP contribution is -2.64. The third-order valence-electron chi connectivity index (χ3n) is 10.9. The van der Waals surface area contributed by atoms with E-state index in [1.807, 2.05) is 0 Å². The van der Waals surface area contributed by atoms with E-state index >= 15 is 0 Å². The molecule has 7 N–H and O–H groups in total. The molecule has 0 aromatic carbocycles. The van der Waals surface area contributed by atoms with Gasteiger partial charge < -0.3 is 44.6 Å². The van der Waals surface area contributed by atoms with Crippen molar-refractivity contribution in [2.45, 2.75) is 224 Å². The van der Waals surface area contributed by atoms with Gasteiger partial charge in [0.15, 0.2) is 6.10 Å². The summed E-state index contributed by atoms with van der Waals surface area (Å²) in [5.41, 5.74) is 0. The number of hydrogen-bond acceptors (Lipinski definition) is 13. The minimum Gasteiger partial charge on any atom is -0.462 e. The molecular formula is C47H84O16P2. The lowest BCUT2D eigenvalue weighted by atomic mass is 9.85. The monoisotopic (exact) mass is 967 g/mol. The Bertz CT molecular complexity index is 1450. The van der Waals surface area contributed by atoms with Crippen LogP contribution in [0, 0.1) is 0 Å². The van der Waals surface area contributed by atoms with Crippen molar-refractivity contribution in [3.05, 3.63) is 48.6 Å². The molecule has 65 heavy (non-hydrogen) atoms. The first-order valence-corrected chi connectivity index (χ1v) is 27.2. The zero-order valence-electron chi connectivity index (χ0n) is 39.2. The standard InChI is InChI=1S/C47H84O16P2/c1-3-5-7-9-11-13-15-17-18-19-20-21-22-24-26-28-30-32-34-36-41(49)61-39(37-59-40(48)35-33-31-29-27-25-23-16-14-12-10-8-6-4-2)38-60-65(57,58)63-47-44(52)42(50)43(51)46(45(47)53)62-64(54,55)56/h11,13,17-18,20-21,24,26,39,42-47,50-53H,3-10,12,14-16,19,22-23,25,27-38H2,1-2H3,(H,57,58)(H2,54,55,56)/t39-,42?,43?,44?,45?,46-,47+/m1/s1. The predicted octanol–water partition coefficient (Wildman–Crippen LogP) is 9.29. The van der Waals surface area contributed by atoms with Crippen LogP contribution < -0.4 is 0 Å². The van der Waals surface area contributed by atoms with Gasteiger partial charge >= 0.3 is 27.6 Å². The Morgan fingerprint density at radius 1 is 0.492 bits per heavy atom. The van der Waals surface area contributed by atoms with Gasteiger partial charge in [-0.2, -0.15) is 0 Å². The summed E-state index contributed by atoms with van der Waals surface area (Å²) in [5.74, 6) is -1.24. The molecule has 1 aliphatic rings. The fraction of sp³-hybridized carbons (Fsp3) is 0.787. The van der Waals surface area contributed by atoms with E-state index in [-0.39, 0.29) is 12.8 Å². The average Bonchev–Trinajstić information content (AvgIpc) is 3.26. The highest BCUT2D eigenvalue weighted by molar-refractivity contribution is 7.47. The Hall–Kier alpha value is -2.04. The van der Waals surface area contributed by atoms with Gasteiger partial charge in [-0.3, -0.25) is 23.2 Å². The molecule has 0 radical (unpaired) electrons. The summed E-state index contributed by atoms with van der Waals surface area (Å²) in [6.45, 7) is 3.06. The van der Waals surface area contributed by atoms with E-state index in [0.717, 1.165) is 70.6 Å². The minimum atomic E-state index is -5.37. The van der Waals surface area contributed by atoms with Crippen LogP contribution in [0.1, 0.15) is 181 Å². The van der Waals surface area contributed by atoms with E-state index in [2.05, 4.69) is 67.0 Å². The first kappa shape index (κ1) is 61.0. The topological polar surface area (TPSA) is 256 Å². The smallest absolute Gasteiger partial charge is 0.462 e. The summed E-state index contributed by atoms with van der Waals surface area (Å²) >= 11 is 0. The van der Waals surface area contributed by atoms with Crippen LogP contribution in [0.3, 0.4) is 0 Å². The quantitative estimate of drug-likeness (QED) is 0.0131. The third-order valence-corrected chi connectivity index (χ3v) is 12.4. The Morgan fingerprint density at radius 2 is 0.892 bits per heavy atom. The molecule has 1 rings (SSSR count). The van der Waals surface area contributed by atoms with Crippen molar-refractivity contribution in [3.8, 4) is 0 Å². The van der Waals surface area contributed by atoms with Crippen molar-refractivity contribution < 1.29 is 76.9 Å². The number of ether oxygens (including phenoxy) is 2. The number of aliphatic hydroxyl groups excluding tert-OH is 4. The van der Waals surface area contributed by atoms with Gasteiger partial charge in [-0.05, 0) is 57.8 Å². The van der Waals surface area contributed by atoms with Crippen molar-refractivity contribution in [1.29, 1.82) is 0 Å². The first-order chi connectivity index (χ1) is 31.1. The molecule has 0 aromatic rings. The van der Waals surface area contributed by atoms with E-state index < -0.39 is 83.5 Å². The number of rotatable bonds is 40. The highest BCUT2D eigenvalue weighted by Gasteiger charge is 2.54. The molecule has 0 aromatic heterocycles. The molecule has 0 amide bonds. The second-order valence-corrected chi connectivity index (χ2v) is 19.4. The lowest BCUT2D eigenvalue weighted by molar-refractivity contribution is -0.216. The average molecular weight is 967 g/mol. The van der Waals surface area contributed by atoms with Crippen molar-refractivity contribution in [2.24, 2.45) is 0 Å². The molecule has 0 bridgehead atoms. The van der Waals surface area contributed by atoms with Crippen LogP contribution in [-0.2, 0) is 41.8 Å². The Balaban J connectivity index is 2.61. The summed E-state index contributed by atoms with van der Waals surface area (Å²) in [7, 11) is -10.7. The van der Waals surface area contributed by atoms with Gasteiger partial charge in [-0.25, -0.2) is 9.13 Å². The molecule has 8 atom stereocenters. The molecule has 16 nitrogen and oxygen atoms in total. The van der Waals surface area contributed by atoms with Gasteiger partial charge in [0.2, 0.25) is 0 Å². The highest BCUT2D eigenvalue weighted by atomic mass is 31.2. The van der Waals surface area contributed by atoms with E-state index in [9.17, 15) is 53.8 Å². The van der Waals surface area contributed by atoms with Crippen LogP contribution in [0.4, 0.5) is 0 Å². The number of allylic oxidation sites excluding steroid dienone is 8. The van der Waals surface area contributed by atoms with Crippen molar-refractivity contribution >= 4 is 27.6 Å². The fourth-order valence-corrected chi connectivity index (χ4v) is 8.67. The van der Waals surface area contributed by atoms with E-state index in [0.29, 0.717) is 12.8 Å². The number of esters is 2. The minimum absolute atomic E-state index is 0.00689. The molecule has 1 fully saturated rings. The lowest BCUT2D eigenvalue weighted by Gasteiger charge is -2.43. The Labute approximate surface area is 388 Å². The maximum Gasteiger partial charge on any atom is 0.472 e. The summed E-state index contributed by atoms with van der Waals surface area (Å²) < 4.78 is 49.4. The molecular weight excluding hydrogens is 882 g/mol. The van der Waals surface area contributed by atoms with Crippen LogP contribution in [0.5, 0.6) is 0 Å². The third kappa shape index (κ3) is 32.4. The number of phosphoric ester groups is 2. The Morgan fingerprint density at radius 3 is 1.38 bits per heavy atom. The second-order valence-electron chi connectivity index (χ2n) is 16.8. The van der Waals surface area contributed by atoms with Gasteiger partial charge in [0.1, 0.15) is 43.2 Å². The molecule has 0 aliphatic heterocycles. The van der Waals surface area contributed by atoms with Crippen LogP contribution in [0.15, 0.2) is 48.6 Å². The van der Waals surface area contributed by atoms with Crippen LogP contribution in [-0.4, -0.2) is 103 Å². The normalized spacial score (nSPS) is 22.0. The van der Waals surface area contributed by atoms with E-state index in [1.165, 1.54) is 70.6 Å². The molecule has 0 heterocycles. The molecule has 1 aliphatic carbocycles. The number of aliphatic hydroxyl groups is 4. The van der Waals surface area contributed by atoms with Gasteiger partial charge in [-0.15, -0.1) is 0 Å². The summed E-state index contributed by atoms with van der Waals surface area (Å²) in [5, 5.41) is 41.2. The molecule has 0 saturated heterocycles. The predicted molar refractivity (Wildman–Crippen MR) is 250 cm³/mol. The van der Waals surface area contributed by atoms with Gasteiger partial charge in [0.25, 0.3) is 0 Å². The van der Waals surface area contributed by atoms with Crippen molar-refractivity contribution in [2.75, 3.05) is 13.2 Å². The van der Waals surface area contributed by atoms with Crippen molar-refractivity contribution in [3.63, 3.8) is 0 Å². The second kappa shape index (κ2) is 37.9. The number of carbonyl (C=O) groups is 2. The summed E-state index contributed by atoms with van der Waals surface area (Å²) in [4.78, 5) is 54.3. The van der Waals surface area contributed by atoms with Gasteiger partial charge in [0.05, 0.1) is 6.61 Å². The van der Waals surface area contributed by atoms with E-state index in [4.69, 9.17) is 18.5 Å². The molecule has 1 saturated carbocycles.